The average molecular weight is 347 g/mol. The summed E-state index contributed by atoms with van der Waals surface area (Å²) in [6.07, 6.45) is 8.79. The number of aliphatic hydroxyl groups excluding tert-OH is 2. The maximum atomic E-state index is 11.7. The minimum atomic E-state index is -0.427. The fraction of sp³-hybridized carbons (Fsp3) is 0.857. The van der Waals surface area contributed by atoms with E-state index in [1.54, 1.807) is 6.92 Å². The highest BCUT2D eigenvalue weighted by molar-refractivity contribution is 5.73. The van der Waals surface area contributed by atoms with Gasteiger partial charge in [-0.05, 0) is 73.5 Å². The van der Waals surface area contributed by atoms with Crippen LogP contribution in [-0.2, 0) is 4.79 Å². The van der Waals surface area contributed by atoms with Crippen molar-refractivity contribution >= 4 is 5.91 Å². The van der Waals surface area contributed by atoms with Crippen LogP contribution in [0.4, 0.5) is 0 Å². The Morgan fingerprint density at radius 1 is 1.20 bits per heavy atom. The highest BCUT2D eigenvalue weighted by Gasteiger charge is 2.61. The smallest absolute Gasteiger partial charge is 0.217 e. The van der Waals surface area contributed by atoms with Gasteiger partial charge in [0.2, 0.25) is 5.91 Å². The molecule has 4 aliphatic carbocycles. The number of aliphatic hydroxyl groups is 2. The second-order valence-electron chi connectivity index (χ2n) is 9.68. The van der Waals surface area contributed by atoms with Crippen LogP contribution in [0, 0.1) is 28.6 Å². The molecule has 4 nitrogen and oxygen atoms in total. The van der Waals surface area contributed by atoms with Crippen molar-refractivity contribution < 1.29 is 15.0 Å². The predicted molar refractivity (Wildman–Crippen MR) is 96.7 cm³/mol. The Kier molecular flexibility index (Phi) is 4.08. The third-order valence-electron chi connectivity index (χ3n) is 8.46. The number of allylic oxidation sites excluding steroid dienone is 1. The Bertz CT molecular complexity index is 602. The van der Waals surface area contributed by atoms with Gasteiger partial charge in [-0.2, -0.15) is 0 Å². The normalized spacial score (nSPS) is 51.8. The predicted octanol–water partition coefficient (Wildman–Crippen LogP) is 2.79. The molecule has 1 amide bonds. The van der Waals surface area contributed by atoms with Gasteiger partial charge in [0.1, 0.15) is 0 Å². The van der Waals surface area contributed by atoms with Gasteiger partial charge in [-0.3, -0.25) is 4.79 Å². The standard InChI is InChI=1S/C21H33NO3/c1-12(23)22-19-18(25)11-17-15-5-4-13-10-14(24)6-8-20(13,2)16(15)7-9-21(17,19)3/h4,14-19,24-25H,5-11H2,1-3H3,(H,22,23)/t14-,15-,16-,17+,18-,19-,20-,21-/m0/s1. The Hall–Kier alpha value is -0.870. The monoisotopic (exact) mass is 347 g/mol. The first-order chi connectivity index (χ1) is 11.8. The van der Waals surface area contributed by atoms with Gasteiger partial charge in [0.05, 0.1) is 18.2 Å². The largest absolute Gasteiger partial charge is 0.393 e. The summed E-state index contributed by atoms with van der Waals surface area (Å²) < 4.78 is 0. The summed E-state index contributed by atoms with van der Waals surface area (Å²) in [5.41, 5.74) is 1.70. The van der Waals surface area contributed by atoms with Crippen LogP contribution in [0.1, 0.15) is 65.7 Å². The molecular formula is C21H33NO3. The first-order valence-corrected chi connectivity index (χ1v) is 10.1. The molecule has 4 rings (SSSR count). The molecule has 0 aromatic carbocycles. The maximum absolute atomic E-state index is 11.7. The van der Waals surface area contributed by atoms with Gasteiger partial charge >= 0.3 is 0 Å². The molecule has 0 radical (unpaired) electrons. The van der Waals surface area contributed by atoms with E-state index in [0.29, 0.717) is 17.8 Å². The van der Waals surface area contributed by atoms with Crippen molar-refractivity contribution in [1.29, 1.82) is 0 Å². The molecule has 0 heterocycles. The lowest BCUT2D eigenvalue weighted by Crippen LogP contribution is -2.55. The van der Waals surface area contributed by atoms with Crippen molar-refractivity contribution in [2.24, 2.45) is 28.6 Å². The molecule has 8 atom stereocenters. The van der Waals surface area contributed by atoms with Crippen LogP contribution < -0.4 is 5.32 Å². The first-order valence-electron chi connectivity index (χ1n) is 10.1. The molecule has 0 saturated heterocycles. The number of fused-ring (bicyclic) bond motifs is 5. The van der Waals surface area contributed by atoms with Crippen molar-refractivity contribution in [3.8, 4) is 0 Å². The van der Waals surface area contributed by atoms with Gasteiger partial charge in [-0.25, -0.2) is 0 Å². The summed E-state index contributed by atoms with van der Waals surface area (Å²) in [5.74, 6) is 1.68. The molecular weight excluding hydrogens is 314 g/mol. The SMILES string of the molecule is CC(=O)N[C@H]1[C@@H](O)C[C@@H]2[C@H]3CC=C4C[C@@H](O)CC[C@]4(C)[C@H]3CC[C@@]21C. The minimum absolute atomic E-state index is 0.00212. The van der Waals surface area contributed by atoms with E-state index in [-0.39, 0.29) is 28.9 Å². The third kappa shape index (κ3) is 2.51. The van der Waals surface area contributed by atoms with Gasteiger partial charge in [0.15, 0.2) is 0 Å². The minimum Gasteiger partial charge on any atom is -0.393 e. The number of nitrogens with one attached hydrogen (secondary N) is 1. The van der Waals surface area contributed by atoms with E-state index in [1.165, 1.54) is 12.0 Å². The first kappa shape index (κ1) is 17.5. The lowest BCUT2D eigenvalue weighted by atomic mass is 9.48. The fourth-order valence-corrected chi connectivity index (χ4v) is 7.14. The summed E-state index contributed by atoms with van der Waals surface area (Å²) in [7, 11) is 0. The third-order valence-corrected chi connectivity index (χ3v) is 8.46. The van der Waals surface area contributed by atoms with Crippen LogP contribution in [0.3, 0.4) is 0 Å². The molecule has 0 aromatic heterocycles. The lowest BCUT2D eigenvalue weighted by molar-refractivity contribution is -0.122. The molecule has 0 unspecified atom stereocenters. The molecule has 0 aliphatic heterocycles. The second-order valence-corrected chi connectivity index (χ2v) is 9.68. The van der Waals surface area contributed by atoms with Gasteiger partial charge in [0, 0.05) is 6.92 Å². The number of hydrogen-bond acceptors (Lipinski definition) is 3. The lowest BCUT2D eigenvalue weighted by Gasteiger charge is -2.57. The van der Waals surface area contributed by atoms with Crippen molar-refractivity contribution in [2.75, 3.05) is 0 Å². The molecule has 3 N–H and O–H groups in total. The molecule has 0 bridgehead atoms. The number of carbonyl (C=O) groups is 1. The Balaban J connectivity index is 1.64. The highest BCUT2D eigenvalue weighted by Crippen LogP contribution is 2.64. The summed E-state index contributed by atoms with van der Waals surface area (Å²) in [4.78, 5) is 11.7. The molecule has 140 valence electrons. The van der Waals surface area contributed by atoms with E-state index in [1.807, 2.05) is 0 Å². The van der Waals surface area contributed by atoms with Crippen LogP contribution in [0.15, 0.2) is 11.6 Å². The van der Waals surface area contributed by atoms with E-state index >= 15 is 0 Å². The quantitative estimate of drug-likeness (QED) is 0.639. The van der Waals surface area contributed by atoms with Crippen LogP contribution >= 0.6 is 0 Å². The van der Waals surface area contributed by atoms with Crippen molar-refractivity contribution in [1.82, 2.24) is 5.32 Å². The number of carbonyl (C=O) groups excluding carboxylic acids is 1. The maximum Gasteiger partial charge on any atom is 0.217 e. The van der Waals surface area contributed by atoms with Gasteiger partial charge in [-0.15, -0.1) is 0 Å². The average Bonchev–Trinajstić information content (AvgIpc) is 2.79. The van der Waals surface area contributed by atoms with Gasteiger partial charge in [-0.1, -0.05) is 25.5 Å². The van der Waals surface area contributed by atoms with Crippen molar-refractivity contribution in [3.05, 3.63) is 11.6 Å². The molecule has 4 aliphatic rings. The summed E-state index contributed by atoms with van der Waals surface area (Å²) in [6, 6.07) is -0.109. The van der Waals surface area contributed by atoms with E-state index < -0.39 is 6.10 Å². The van der Waals surface area contributed by atoms with Crippen molar-refractivity contribution in [2.45, 2.75) is 84.0 Å². The van der Waals surface area contributed by atoms with Crippen LogP contribution in [0.2, 0.25) is 0 Å². The second kappa shape index (κ2) is 5.82. The number of rotatable bonds is 1. The van der Waals surface area contributed by atoms with E-state index in [4.69, 9.17) is 0 Å². The van der Waals surface area contributed by atoms with E-state index in [9.17, 15) is 15.0 Å². The Morgan fingerprint density at radius 2 is 1.96 bits per heavy atom. The van der Waals surface area contributed by atoms with Crippen LogP contribution in [0.25, 0.3) is 0 Å². The van der Waals surface area contributed by atoms with Gasteiger partial charge in [0.25, 0.3) is 0 Å². The zero-order valence-corrected chi connectivity index (χ0v) is 15.8. The van der Waals surface area contributed by atoms with E-state index in [2.05, 4.69) is 25.2 Å². The molecule has 0 aromatic rings. The molecule has 3 saturated carbocycles. The summed E-state index contributed by atoms with van der Waals surface area (Å²) >= 11 is 0. The number of amides is 1. The zero-order valence-electron chi connectivity index (χ0n) is 15.8. The number of hydrogen-bond donors (Lipinski definition) is 3. The summed E-state index contributed by atoms with van der Waals surface area (Å²) in [5, 5.41) is 23.8. The Labute approximate surface area is 151 Å². The summed E-state index contributed by atoms with van der Waals surface area (Å²) in [6.45, 7) is 6.26. The molecule has 0 spiro atoms. The van der Waals surface area contributed by atoms with Crippen LogP contribution in [0.5, 0.6) is 0 Å². The topological polar surface area (TPSA) is 69.6 Å². The fourth-order valence-electron chi connectivity index (χ4n) is 7.14. The zero-order chi connectivity index (χ0) is 18.0. The van der Waals surface area contributed by atoms with Crippen molar-refractivity contribution in [3.63, 3.8) is 0 Å². The molecule has 25 heavy (non-hydrogen) atoms. The van der Waals surface area contributed by atoms with Crippen LogP contribution in [-0.4, -0.2) is 34.4 Å². The Morgan fingerprint density at radius 3 is 2.68 bits per heavy atom. The highest BCUT2D eigenvalue weighted by atomic mass is 16.3. The van der Waals surface area contributed by atoms with E-state index in [0.717, 1.165) is 38.5 Å². The molecule has 3 fully saturated rings. The van der Waals surface area contributed by atoms with Gasteiger partial charge < -0.3 is 15.5 Å². The molecule has 4 heteroatoms.